The second-order valence-electron chi connectivity index (χ2n) is 11.2. The van der Waals surface area contributed by atoms with Crippen molar-refractivity contribution in [2.75, 3.05) is 0 Å². The molecule has 2 nitrogen and oxygen atoms in total. The van der Waals surface area contributed by atoms with Crippen molar-refractivity contribution >= 4 is 45.1 Å². The SMILES string of the molecule is Cc1cc2c3c4c(cccc14)OC1=C3N(I)C(C(C)c3ccc(CC(C)(C)C)cc31)C2C. The van der Waals surface area contributed by atoms with Crippen LogP contribution < -0.4 is 4.74 Å². The van der Waals surface area contributed by atoms with E-state index >= 15 is 0 Å². The Morgan fingerprint density at radius 2 is 1.75 bits per heavy atom. The van der Waals surface area contributed by atoms with Crippen molar-refractivity contribution in [2.24, 2.45) is 5.41 Å². The van der Waals surface area contributed by atoms with E-state index in [2.05, 4.69) is 110 Å². The van der Waals surface area contributed by atoms with E-state index in [0.717, 1.165) is 17.9 Å². The fourth-order valence-corrected chi connectivity index (χ4v) is 7.69. The van der Waals surface area contributed by atoms with Gasteiger partial charge in [0.05, 0.1) is 34.6 Å². The average molecular weight is 535 g/mol. The molecule has 3 aliphatic heterocycles. The monoisotopic (exact) mass is 535 g/mol. The third-order valence-corrected chi connectivity index (χ3v) is 8.73. The molecular weight excluding hydrogens is 505 g/mol. The largest absolute Gasteiger partial charge is 0.454 e. The Hall–Kier alpha value is -2.01. The minimum Gasteiger partial charge on any atom is -0.454 e. The molecule has 0 aromatic heterocycles. The first-order chi connectivity index (χ1) is 15.2. The molecule has 0 saturated carbocycles. The topological polar surface area (TPSA) is 12.5 Å². The van der Waals surface area contributed by atoms with Crippen molar-refractivity contribution in [2.45, 2.75) is 65.8 Å². The normalized spacial score (nSPS) is 23.3. The zero-order valence-corrected chi connectivity index (χ0v) is 21.9. The van der Waals surface area contributed by atoms with Crippen LogP contribution in [0, 0.1) is 12.3 Å². The molecule has 6 rings (SSSR count). The second-order valence-corrected chi connectivity index (χ2v) is 12.2. The Morgan fingerprint density at radius 1 is 1.00 bits per heavy atom. The summed E-state index contributed by atoms with van der Waals surface area (Å²) in [6.07, 6.45) is 1.06. The summed E-state index contributed by atoms with van der Waals surface area (Å²) in [6.45, 7) is 14.0. The van der Waals surface area contributed by atoms with E-state index in [1.54, 1.807) is 0 Å². The smallest absolute Gasteiger partial charge is 0.159 e. The maximum Gasteiger partial charge on any atom is 0.159 e. The van der Waals surface area contributed by atoms with Crippen LogP contribution in [0.25, 0.3) is 22.2 Å². The number of hydrogen-bond acceptors (Lipinski definition) is 2. The molecule has 0 fully saturated rings. The number of aryl methyl sites for hydroxylation is 1. The van der Waals surface area contributed by atoms with Gasteiger partial charge < -0.3 is 7.85 Å². The lowest BCUT2D eigenvalue weighted by Gasteiger charge is -2.44. The van der Waals surface area contributed by atoms with Gasteiger partial charge in [-0.15, -0.1) is 0 Å². The summed E-state index contributed by atoms with van der Waals surface area (Å²) in [6, 6.07) is 16.5. The fraction of sp³-hybridized carbons (Fsp3) is 0.379. The van der Waals surface area contributed by atoms with Crippen LogP contribution in [-0.4, -0.2) is 9.16 Å². The predicted octanol–water partition coefficient (Wildman–Crippen LogP) is 8.21. The lowest BCUT2D eigenvalue weighted by atomic mass is 9.76. The maximum atomic E-state index is 6.82. The average Bonchev–Trinajstić information content (AvgIpc) is 2.80. The molecule has 0 radical (unpaired) electrons. The van der Waals surface area contributed by atoms with E-state index < -0.39 is 0 Å². The zero-order chi connectivity index (χ0) is 22.5. The standard InChI is InChI=1S/C29H30INO/c1-15-12-21-17(3)26-16(2)20-11-10-18(14-29(4,5)6)13-22(20)28-27(31(26)30)25(21)24-19(15)8-7-9-23(24)32-28/h7-13,16-17,26H,14H2,1-6H3. The molecule has 3 heteroatoms. The lowest BCUT2D eigenvalue weighted by molar-refractivity contribution is 0.356. The van der Waals surface area contributed by atoms with Crippen molar-refractivity contribution in [1.29, 1.82) is 0 Å². The third-order valence-electron chi connectivity index (χ3n) is 7.60. The quantitative estimate of drug-likeness (QED) is 0.230. The van der Waals surface area contributed by atoms with Crippen LogP contribution in [-0.2, 0) is 6.42 Å². The highest BCUT2D eigenvalue weighted by molar-refractivity contribution is 14.1. The number of fused-ring (bicyclic) bond motifs is 3. The van der Waals surface area contributed by atoms with E-state index in [9.17, 15) is 0 Å². The Bertz CT molecular complexity index is 1330. The van der Waals surface area contributed by atoms with Gasteiger partial charge in [0.2, 0.25) is 0 Å². The molecule has 0 saturated heterocycles. The van der Waals surface area contributed by atoms with Gasteiger partial charge in [-0.3, -0.25) is 0 Å². The second kappa shape index (κ2) is 6.75. The summed E-state index contributed by atoms with van der Waals surface area (Å²) in [4.78, 5) is 0. The van der Waals surface area contributed by atoms with Crippen LogP contribution in [0.1, 0.15) is 79.8 Å². The molecule has 3 aliphatic rings. The molecule has 3 atom stereocenters. The van der Waals surface area contributed by atoms with Crippen LogP contribution in [0.2, 0.25) is 0 Å². The number of halogens is 1. The molecule has 0 N–H and O–H groups in total. The van der Waals surface area contributed by atoms with Crippen LogP contribution in [0.4, 0.5) is 0 Å². The Morgan fingerprint density at radius 3 is 2.50 bits per heavy atom. The van der Waals surface area contributed by atoms with Gasteiger partial charge in [-0.2, -0.15) is 0 Å². The zero-order valence-electron chi connectivity index (χ0n) is 19.7. The molecule has 0 spiro atoms. The Kier molecular flexibility index (Phi) is 4.34. The molecule has 3 aromatic carbocycles. The Balaban J connectivity index is 1.71. The number of nitrogens with zero attached hydrogens (tertiary/aromatic N) is 1. The lowest BCUT2D eigenvalue weighted by Crippen LogP contribution is -2.39. The van der Waals surface area contributed by atoms with Crippen LogP contribution in [0.15, 0.2) is 42.5 Å². The van der Waals surface area contributed by atoms with Gasteiger partial charge in [-0.05, 0) is 58.5 Å². The highest BCUT2D eigenvalue weighted by atomic mass is 127. The van der Waals surface area contributed by atoms with Crippen molar-refractivity contribution in [1.82, 2.24) is 3.11 Å². The first kappa shape index (κ1) is 20.6. The van der Waals surface area contributed by atoms with Gasteiger partial charge in [0, 0.05) is 28.3 Å². The van der Waals surface area contributed by atoms with E-state index in [4.69, 9.17) is 4.74 Å². The molecule has 2 bridgehead atoms. The fourth-order valence-electron chi connectivity index (χ4n) is 6.26. The first-order valence-electron chi connectivity index (χ1n) is 11.7. The van der Waals surface area contributed by atoms with E-state index in [-0.39, 0.29) is 5.41 Å². The summed E-state index contributed by atoms with van der Waals surface area (Å²) >= 11 is 2.56. The van der Waals surface area contributed by atoms with Gasteiger partial charge in [0.15, 0.2) is 5.76 Å². The van der Waals surface area contributed by atoms with Crippen molar-refractivity contribution in [3.63, 3.8) is 0 Å². The van der Waals surface area contributed by atoms with E-state index in [1.807, 2.05) is 0 Å². The van der Waals surface area contributed by atoms with Crippen LogP contribution in [0.3, 0.4) is 0 Å². The molecule has 0 amide bonds. The minimum absolute atomic E-state index is 0.248. The predicted molar refractivity (Wildman–Crippen MR) is 142 cm³/mol. The van der Waals surface area contributed by atoms with Crippen LogP contribution in [0.5, 0.6) is 5.75 Å². The molecule has 3 aromatic rings. The minimum atomic E-state index is 0.248. The molecular formula is C29H30INO. The van der Waals surface area contributed by atoms with Crippen molar-refractivity contribution in [3.05, 3.63) is 75.8 Å². The van der Waals surface area contributed by atoms with Gasteiger partial charge in [-0.1, -0.05) is 65.0 Å². The highest BCUT2D eigenvalue weighted by Crippen LogP contribution is 2.57. The molecule has 32 heavy (non-hydrogen) atoms. The van der Waals surface area contributed by atoms with Gasteiger partial charge >= 0.3 is 0 Å². The number of rotatable bonds is 1. The van der Waals surface area contributed by atoms with Gasteiger partial charge in [0.1, 0.15) is 5.75 Å². The van der Waals surface area contributed by atoms with Crippen molar-refractivity contribution in [3.8, 4) is 5.75 Å². The van der Waals surface area contributed by atoms with Crippen LogP contribution >= 0.6 is 22.9 Å². The molecule has 3 heterocycles. The molecule has 0 aliphatic carbocycles. The van der Waals surface area contributed by atoms with Gasteiger partial charge in [0.25, 0.3) is 0 Å². The van der Waals surface area contributed by atoms with Crippen molar-refractivity contribution < 1.29 is 4.74 Å². The maximum absolute atomic E-state index is 6.82. The molecule has 164 valence electrons. The highest BCUT2D eigenvalue weighted by Gasteiger charge is 2.46. The third kappa shape index (κ3) is 2.76. The number of benzene rings is 3. The summed E-state index contributed by atoms with van der Waals surface area (Å²) in [7, 11) is 0. The van der Waals surface area contributed by atoms with E-state index in [0.29, 0.717) is 17.9 Å². The number of ether oxygens (including phenoxy) is 1. The summed E-state index contributed by atoms with van der Waals surface area (Å²) in [5, 5.41) is 2.59. The summed E-state index contributed by atoms with van der Waals surface area (Å²) in [5.41, 5.74) is 9.80. The first-order valence-corrected chi connectivity index (χ1v) is 12.7. The Labute approximate surface area is 205 Å². The van der Waals surface area contributed by atoms with E-state index in [1.165, 1.54) is 49.9 Å². The molecule has 3 unspecified atom stereocenters. The summed E-state index contributed by atoms with van der Waals surface area (Å²) < 4.78 is 9.32. The number of hydrogen-bond donors (Lipinski definition) is 0. The summed E-state index contributed by atoms with van der Waals surface area (Å²) in [5.74, 6) is 2.88. The van der Waals surface area contributed by atoms with Gasteiger partial charge in [-0.25, -0.2) is 0 Å².